The van der Waals surface area contributed by atoms with E-state index in [0.717, 1.165) is 29.7 Å². The first kappa shape index (κ1) is 19.7. The van der Waals surface area contributed by atoms with Gasteiger partial charge in [-0.2, -0.15) is 0 Å². The van der Waals surface area contributed by atoms with Crippen LogP contribution in [0.2, 0.25) is 0 Å². The van der Waals surface area contributed by atoms with Gasteiger partial charge in [-0.1, -0.05) is 48.1 Å². The Morgan fingerprint density at radius 2 is 1.68 bits per heavy atom. The Morgan fingerprint density at radius 1 is 0.964 bits per heavy atom. The van der Waals surface area contributed by atoms with Crippen molar-refractivity contribution in [3.63, 3.8) is 0 Å². The molecule has 0 radical (unpaired) electrons. The highest BCUT2D eigenvalue weighted by molar-refractivity contribution is 5.97. The van der Waals surface area contributed by atoms with Crippen LogP contribution in [-0.4, -0.2) is 17.7 Å². The highest BCUT2D eigenvalue weighted by Gasteiger charge is 2.13. The standard InChI is InChI=1S/C24H23F2NO/c1-27(17-19-7-4-9-21(25)14-19)23-11-3-2-6-18(12-13-23)15-24(28)20-8-5-10-22(26)16-20/h2-11,14,16H,12-13,15,17H2,1H3/b3-2+,18-6+,23-11?. The zero-order chi connectivity index (χ0) is 19.9. The second-order valence-corrected chi connectivity index (χ2v) is 6.96. The number of carbonyl (C=O) groups excluding carboxylic acids is 1. The van der Waals surface area contributed by atoms with Crippen LogP contribution in [0.15, 0.2) is 84.1 Å². The highest BCUT2D eigenvalue weighted by atomic mass is 19.1. The van der Waals surface area contributed by atoms with Gasteiger partial charge in [-0.15, -0.1) is 0 Å². The molecule has 3 rings (SSSR count). The number of hydrogen-bond acceptors (Lipinski definition) is 2. The molecular weight excluding hydrogens is 356 g/mol. The lowest BCUT2D eigenvalue weighted by atomic mass is 9.97. The van der Waals surface area contributed by atoms with Crippen molar-refractivity contribution in [2.45, 2.75) is 25.8 Å². The third kappa shape index (κ3) is 5.49. The van der Waals surface area contributed by atoms with E-state index < -0.39 is 5.82 Å². The first-order chi connectivity index (χ1) is 13.5. The minimum atomic E-state index is -0.401. The Hall–Kier alpha value is -3.01. The number of hydrogen-bond donors (Lipinski definition) is 0. The Kier molecular flexibility index (Phi) is 6.53. The maximum atomic E-state index is 13.4. The van der Waals surface area contributed by atoms with Gasteiger partial charge in [0.2, 0.25) is 0 Å². The van der Waals surface area contributed by atoms with Gasteiger partial charge in [0.1, 0.15) is 11.6 Å². The van der Waals surface area contributed by atoms with Gasteiger partial charge in [-0.3, -0.25) is 4.79 Å². The summed E-state index contributed by atoms with van der Waals surface area (Å²) in [7, 11) is 1.98. The molecule has 0 saturated carbocycles. The average Bonchev–Trinajstić information content (AvgIpc) is 2.64. The summed E-state index contributed by atoms with van der Waals surface area (Å²) in [6.45, 7) is 0.610. The molecule has 0 bridgehead atoms. The van der Waals surface area contributed by atoms with E-state index in [4.69, 9.17) is 0 Å². The van der Waals surface area contributed by atoms with E-state index >= 15 is 0 Å². The number of rotatable bonds is 6. The molecule has 0 N–H and O–H groups in total. The van der Waals surface area contributed by atoms with Gasteiger partial charge in [0.05, 0.1) is 0 Å². The molecule has 0 aliphatic heterocycles. The summed E-state index contributed by atoms with van der Waals surface area (Å²) in [5.74, 6) is -0.724. The molecule has 0 fully saturated rings. The maximum Gasteiger partial charge on any atom is 0.167 e. The lowest BCUT2D eigenvalue weighted by Gasteiger charge is -2.24. The number of carbonyl (C=O) groups is 1. The largest absolute Gasteiger partial charge is 0.374 e. The molecule has 144 valence electrons. The number of ketones is 1. The zero-order valence-electron chi connectivity index (χ0n) is 15.9. The lowest BCUT2D eigenvalue weighted by Crippen LogP contribution is -2.18. The van der Waals surface area contributed by atoms with Crippen molar-refractivity contribution >= 4 is 5.78 Å². The predicted octanol–water partition coefficient (Wildman–Crippen LogP) is 5.83. The van der Waals surface area contributed by atoms with E-state index in [1.165, 1.54) is 18.2 Å². The van der Waals surface area contributed by atoms with Crippen molar-refractivity contribution in [3.8, 4) is 0 Å². The Labute approximate surface area is 164 Å². The van der Waals surface area contributed by atoms with Gasteiger partial charge in [0.25, 0.3) is 0 Å². The van der Waals surface area contributed by atoms with Crippen molar-refractivity contribution in [3.05, 3.63) is 107 Å². The van der Waals surface area contributed by atoms with Gasteiger partial charge in [0, 0.05) is 31.3 Å². The molecule has 0 atom stereocenters. The van der Waals surface area contributed by atoms with Crippen molar-refractivity contribution < 1.29 is 13.6 Å². The third-order valence-electron chi connectivity index (χ3n) is 4.77. The van der Waals surface area contributed by atoms with Crippen LogP contribution < -0.4 is 0 Å². The van der Waals surface area contributed by atoms with E-state index in [0.29, 0.717) is 12.1 Å². The fourth-order valence-corrected chi connectivity index (χ4v) is 3.26. The topological polar surface area (TPSA) is 20.3 Å². The number of nitrogens with zero attached hydrogens (tertiary/aromatic N) is 1. The molecular formula is C24H23F2NO. The fraction of sp³-hybridized carbons (Fsp3) is 0.208. The molecule has 2 aromatic rings. The van der Waals surface area contributed by atoms with Crippen molar-refractivity contribution in [2.75, 3.05) is 7.05 Å². The normalized spacial score (nSPS) is 17.0. The predicted molar refractivity (Wildman–Crippen MR) is 108 cm³/mol. The van der Waals surface area contributed by atoms with Crippen LogP contribution in [0.25, 0.3) is 0 Å². The van der Waals surface area contributed by atoms with Crippen LogP contribution in [-0.2, 0) is 6.54 Å². The summed E-state index contributed by atoms with van der Waals surface area (Å²) in [5, 5.41) is 0. The quantitative estimate of drug-likeness (QED) is 0.589. The number of Topliss-reactive ketones (excluding diaryl/α,β-unsaturated/α-hetero) is 1. The molecule has 0 aromatic heterocycles. The van der Waals surface area contributed by atoms with E-state index in [9.17, 15) is 13.6 Å². The molecule has 0 spiro atoms. The Morgan fingerprint density at radius 3 is 2.43 bits per heavy atom. The molecule has 0 heterocycles. The van der Waals surface area contributed by atoms with Gasteiger partial charge in [-0.25, -0.2) is 8.78 Å². The smallest absolute Gasteiger partial charge is 0.167 e. The molecule has 2 nitrogen and oxygen atoms in total. The van der Waals surface area contributed by atoms with Crippen LogP contribution in [0.5, 0.6) is 0 Å². The van der Waals surface area contributed by atoms with Crippen LogP contribution in [0.1, 0.15) is 35.2 Å². The van der Waals surface area contributed by atoms with E-state index in [1.54, 1.807) is 24.3 Å². The van der Waals surface area contributed by atoms with E-state index in [-0.39, 0.29) is 18.0 Å². The number of allylic oxidation sites excluding steroid dienone is 6. The number of benzene rings is 2. The minimum absolute atomic E-state index is 0.0848. The maximum absolute atomic E-state index is 13.4. The summed E-state index contributed by atoms with van der Waals surface area (Å²) >= 11 is 0. The van der Waals surface area contributed by atoms with Gasteiger partial charge < -0.3 is 4.90 Å². The highest BCUT2D eigenvalue weighted by Crippen LogP contribution is 2.22. The monoisotopic (exact) mass is 379 g/mol. The molecule has 2 aromatic carbocycles. The van der Waals surface area contributed by atoms with Crippen molar-refractivity contribution in [2.24, 2.45) is 0 Å². The lowest BCUT2D eigenvalue weighted by molar-refractivity contribution is 0.0991. The molecule has 1 aliphatic rings. The summed E-state index contributed by atoms with van der Waals surface area (Å²) in [6, 6.07) is 12.4. The minimum Gasteiger partial charge on any atom is -0.374 e. The second kappa shape index (κ2) is 9.27. The summed E-state index contributed by atoms with van der Waals surface area (Å²) < 4.78 is 26.8. The Balaban J connectivity index is 1.62. The molecule has 1 aliphatic carbocycles. The molecule has 0 saturated heterocycles. The first-order valence-corrected chi connectivity index (χ1v) is 9.31. The van der Waals surface area contributed by atoms with Crippen molar-refractivity contribution in [1.82, 2.24) is 4.90 Å². The summed E-state index contributed by atoms with van der Waals surface area (Å²) in [6.07, 6.45) is 9.66. The van der Waals surface area contributed by atoms with Crippen molar-refractivity contribution in [1.29, 1.82) is 0 Å². The second-order valence-electron chi connectivity index (χ2n) is 6.96. The molecule has 0 amide bonds. The fourth-order valence-electron chi connectivity index (χ4n) is 3.26. The number of halogens is 2. The van der Waals surface area contributed by atoms with E-state index in [1.807, 2.05) is 37.4 Å². The SMILES string of the molecule is CN(Cc1cccc(F)c1)C1=C/C=C/C=C(/CC(=O)c2cccc(F)c2)CC1. The van der Waals surface area contributed by atoms with Gasteiger partial charge in [-0.05, 0) is 48.7 Å². The first-order valence-electron chi connectivity index (χ1n) is 9.31. The van der Waals surface area contributed by atoms with Crippen LogP contribution >= 0.6 is 0 Å². The van der Waals surface area contributed by atoms with Crippen LogP contribution in [0, 0.1) is 11.6 Å². The van der Waals surface area contributed by atoms with Gasteiger partial charge in [0.15, 0.2) is 5.78 Å². The van der Waals surface area contributed by atoms with Gasteiger partial charge >= 0.3 is 0 Å². The Bertz CT molecular complexity index is 943. The van der Waals surface area contributed by atoms with Crippen LogP contribution in [0.3, 0.4) is 0 Å². The molecule has 28 heavy (non-hydrogen) atoms. The average molecular weight is 379 g/mol. The summed E-state index contributed by atoms with van der Waals surface area (Å²) in [4.78, 5) is 14.6. The molecule has 4 heteroatoms. The van der Waals surface area contributed by atoms with E-state index in [2.05, 4.69) is 4.90 Å². The molecule has 0 unspecified atom stereocenters. The summed E-state index contributed by atoms with van der Waals surface area (Å²) in [5.41, 5.74) is 3.43. The zero-order valence-corrected chi connectivity index (χ0v) is 15.9. The van der Waals surface area contributed by atoms with Crippen LogP contribution in [0.4, 0.5) is 8.78 Å². The third-order valence-corrected chi connectivity index (χ3v) is 4.77.